The molecule has 16 rings (SSSR count). The highest BCUT2D eigenvalue weighted by atomic mass is 19.4. The Morgan fingerprint density at radius 3 is 1.07 bits per heavy atom. The van der Waals surface area contributed by atoms with E-state index in [9.17, 15) is 71.9 Å². The van der Waals surface area contributed by atoms with E-state index in [1.807, 2.05) is 85.7 Å². The largest absolute Gasteiger partial charge is 0.492 e. The van der Waals surface area contributed by atoms with Crippen molar-refractivity contribution >= 4 is 23.6 Å². The second kappa shape index (κ2) is 48.2. The number of pyridine rings is 5. The molecule has 4 atom stereocenters. The second-order valence-corrected chi connectivity index (χ2v) is 39.4. The lowest BCUT2D eigenvalue weighted by Crippen LogP contribution is -2.46. The third-order valence-electron chi connectivity index (χ3n) is 26.7. The van der Waals surface area contributed by atoms with Gasteiger partial charge in [-0.2, -0.15) is 52.7 Å². The van der Waals surface area contributed by atoms with Crippen LogP contribution >= 0.6 is 0 Å². The number of likely N-dealkylation sites (tertiary alicyclic amines) is 1. The Labute approximate surface area is 823 Å². The molecule has 142 heavy (non-hydrogen) atoms. The Bertz CT molecular complexity index is 5840. The summed E-state index contributed by atoms with van der Waals surface area (Å²) in [6.45, 7) is 31.7. The fourth-order valence-corrected chi connectivity index (χ4v) is 19.3. The van der Waals surface area contributed by atoms with Crippen LogP contribution in [0.1, 0.15) is 235 Å². The highest BCUT2D eigenvalue weighted by Gasteiger charge is 2.42. The van der Waals surface area contributed by atoms with Crippen molar-refractivity contribution < 1.29 is 76.6 Å². The van der Waals surface area contributed by atoms with Gasteiger partial charge in [-0.1, -0.05) is 128 Å². The minimum absolute atomic E-state index is 0.00518. The molecule has 34 heteroatoms. The Hall–Kier alpha value is -11.6. The number of hydrogen-bond acceptors (Lipinski definition) is 18. The number of aromatic nitrogens is 5. The predicted octanol–water partition coefficient (Wildman–Crippen LogP) is 19.5. The van der Waals surface area contributed by atoms with Crippen molar-refractivity contribution in [3.05, 3.63) is 318 Å². The molecule has 4 N–H and O–H groups in total. The quantitative estimate of drug-likeness (QED) is 0.0308. The molecule has 11 heterocycles. The number of para-hydroxylation sites is 1. The minimum atomic E-state index is -4.36. The number of piperidine rings is 1. The van der Waals surface area contributed by atoms with Gasteiger partial charge in [0.05, 0.1) is 91.5 Å². The number of hydrogen-bond donors (Lipinski definition) is 4. The van der Waals surface area contributed by atoms with Gasteiger partial charge in [-0.15, -0.1) is 0 Å². The van der Waals surface area contributed by atoms with Crippen molar-refractivity contribution in [2.45, 2.75) is 182 Å². The molecule has 2 saturated heterocycles. The first kappa shape index (κ1) is 108. The zero-order valence-electron chi connectivity index (χ0n) is 82.5. The minimum Gasteiger partial charge on any atom is -0.492 e. The number of fused-ring (bicyclic) bond motifs is 4. The van der Waals surface area contributed by atoms with E-state index in [2.05, 4.69) is 150 Å². The molecule has 0 saturated carbocycles. The highest BCUT2D eigenvalue weighted by Crippen LogP contribution is 2.45. The molecule has 6 aliphatic rings. The van der Waals surface area contributed by atoms with Gasteiger partial charge in [0.25, 0.3) is 23.6 Å². The van der Waals surface area contributed by atoms with Crippen LogP contribution in [0.5, 0.6) is 5.75 Å². The van der Waals surface area contributed by atoms with Gasteiger partial charge >= 0.3 is 24.7 Å². The normalized spacial score (nSPS) is 17.8. The predicted molar refractivity (Wildman–Crippen MR) is 521 cm³/mol. The molecule has 5 aromatic carbocycles. The van der Waals surface area contributed by atoms with Gasteiger partial charge in [0.1, 0.15) is 12.4 Å². The number of amides is 4. The lowest BCUT2D eigenvalue weighted by atomic mass is 9.97. The van der Waals surface area contributed by atoms with E-state index in [0.717, 1.165) is 198 Å². The monoisotopic (exact) mass is 1970 g/mol. The van der Waals surface area contributed by atoms with E-state index in [4.69, 9.17) is 4.74 Å². The number of likely N-dealkylation sites (N-methyl/N-ethyl adjacent to an activating group) is 2. The summed E-state index contributed by atoms with van der Waals surface area (Å²) in [6, 6.07) is 42.3. The molecule has 22 nitrogen and oxygen atoms in total. The molecule has 5 aromatic heterocycles. The van der Waals surface area contributed by atoms with Crippen LogP contribution in [0.4, 0.5) is 52.7 Å². The van der Waals surface area contributed by atoms with Crippen LogP contribution in [0.3, 0.4) is 0 Å². The van der Waals surface area contributed by atoms with Gasteiger partial charge in [-0.25, -0.2) is 0 Å². The summed E-state index contributed by atoms with van der Waals surface area (Å²) in [6.07, 6.45) is -6.33. The van der Waals surface area contributed by atoms with Crippen molar-refractivity contribution in [2.75, 3.05) is 107 Å². The molecule has 0 spiro atoms. The van der Waals surface area contributed by atoms with E-state index >= 15 is 0 Å². The molecule has 10 aromatic rings. The zero-order chi connectivity index (χ0) is 102. The standard InChI is InChI=1S/C30H35F3N4O2.C26H34F3N5O.C26H33F3N4O.C26H27F3N4O/c1-20(2)28-27-24(19-37(28)18-21-9-11-25(12-10-21)30(31,32)33)15-23(17-34-27)29(38)35-16-22-7-5-6-8-26(22)39-14-13-36(3)4;1-18(2)24-23-21(17-34(24)16-19-4-6-22(7-5-19)26(27,28)29)14-20(15-31-23)25(35)30-8-9-33-12-10-32(3)11-13-33;1-17(2)24-23-21(16-33(24)15-19-4-6-22(7-5-19)26(27,28)29)12-20(14-30-23)25(34)31-13-18-8-10-32(3)11-9-18;1-17(2)24-23-20(16-33(24)15-18-6-8-21(9-7-18)26(27,28)29)13-19(14-32-23)25(34)31-12-10-22-5-3-4-11-30-22/h5-12,15,17,20,28H,13-14,16,18-19H2,1-4H3,(H,35,38);4-7,14-15,18,24H,8-13,16-17H2,1-3H3,(H,30,35);4-7,12,14,17-18,24H,8-11,13,15-16H2,1-3H3,(H,31,34);3-9,11,13-14,17,24H,10,12,15-16H2,1-2H3,(H,31,34)/t28-;3*24-/m0000/s1. The maximum atomic E-state index is 13.0. The SMILES string of the molecule is CC(C)[C@H]1c2ncc(C(=O)NCC3CCN(C)CC3)cc2CN1Cc1ccc(C(F)(F)F)cc1.CC(C)[C@H]1c2ncc(C(=O)NCCN3CCN(C)CC3)cc2CN1Cc1ccc(C(F)(F)F)cc1.CC(C)[C@H]1c2ncc(C(=O)NCCc3ccccn3)cc2CN1Cc1ccc(C(F)(F)F)cc1.CC(C)[C@H]1c2ncc(C(=O)NCc3ccccc3OCCN(C)C)cc2CN1Cc1ccc(C(F)(F)F)cc1. The number of halogens is 12. The summed E-state index contributed by atoms with van der Waals surface area (Å²) in [7, 11) is 8.21. The van der Waals surface area contributed by atoms with Crippen molar-refractivity contribution in [1.82, 2.24) is 85.4 Å². The molecule has 2 fully saturated rings. The molecular weight excluding hydrogens is 1840 g/mol. The number of alkyl halides is 12. The van der Waals surface area contributed by atoms with Crippen LogP contribution < -0.4 is 26.0 Å². The first-order valence-corrected chi connectivity index (χ1v) is 48.5. The van der Waals surface area contributed by atoms with Crippen LogP contribution in [-0.2, 0) is 90.0 Å². The van der Waals surface area contributed by atoms with Gasteiger partial charge in [0.2, 0.25) is 0 Å². The summed E-state index contributed by atoms with van der Waals surface area (Å²) < 4.78 is 161. The molecular formula is C108H129F12N17O5. The maximum Gasteiger partial charge on any atom is 0.416 e. The number of nitrogens with one attached hydrogen (secondary N) is 4. The van der Waals surface area contributed by atoms with Gasteiger partial charge in [0.15, 0.2) is 0 Å². The first-order chi connectivity index (χ1) is 67.5. The lowest BCUT2D eigenvalue weighted by molar-refractivity contribution is -0.138. The van der Waals surface area contributed by atoms with Crippen LogP contribution in [0.25, 0.3) is 0 Å². The third kappa shape index (κ3) is 29.1. The fourth-order valence-electron chi connectivity index (χ4n) is 19.3. The van der Waals surface area contributed by atoms with Crippen molar-refractivity contribution in [2.24, 2.45) is 29.6 Å². The van der Waals surface area contributed by atoms with Crippen LogP contribution in [0.2, 0.25) is 0 Å². The third-order valence-corrected chi connectivity index (χ3v) is 26.7. The second-order valence-electron chi connectivity index (χ2n) is 39.4. The van der Waals surface area contributed by atoms with Crippen LogP contribution in [-0.4, -0.2) is 195 Å². The summed E-state index contributed by atoms with van der Waals surface area (Å²) in [5, 5.41) is 12.0. The molecule has 4 amide bonds. The van der Waals surface area contributed by atoms with E-state index in [1.54, 1.807) is 43.1 Å². The maximum absolute atomic E-state index is 13.0. The average molecular weight is 1970 g/mol. The molecule has 0 bridgehead atoms. The Morgan fingerprint density at radius 1 is 0.401 bits per heavy atom. The van der Waals surface area contributed by atoms with Gasteiger partial charge in [-0.05, 0) is 219 Å². The Balaban J connectivity index is 0.000000159. The number of carbonyl (C=O) groups excluding carboxylic acids is 4. The fraction of sp³-hybridized carbons (Fsp3) is 0.454. The smallest absolute Gasteiger partial charge is 0.416 e. The van der Waals surface area contributed by atoms with Gasteiger partial charge < -0.3 is 40.7 Å². The summed E-state index contributed by atoms with van der Waals surface area (Å²) >= 11 is 0. The number of nitrogens with zero attached hydrogens (tertiary/aromatic N) is 13. The van der Waals surface area contributed by atoms with Crippen molar-refractivity contribution in [1.29, 1.82) is 0 Å². The Morgan fingerprint density at radius 2 is 0.732 bits per heavy atom. The number of carbonyl (C=O) groups is 4. The number of piperazine rings is 1. The topological polar surface area (TPSA) is 216 Å². The zero-order valence-corrected chi connectivity index (χ0v) is 82.5. The number of rotatable bonds is 30. The van der Waals surface area contributed by atoms with Gasteiger partial charge in [-0.3, -0.25) is 68.6 Å². The summed E-state index contributed by atoms with van der Waals surface area (Å²) in [4.78, 5) is 92.0. The van der Waals surface area contributed by atoms with Gasteiger partial charge in [0, 0.05) is 166 Å². The highest BCUT2D eigenvalue weighted by molar-refractivity contribution is 5.96. The van der Waals surface area contributed by atoms with Crippen LogP contribution in [0.15, 0.2) is 195 Å². The lowest BCUT2D eigenvalue weighted by Gasteiger charge is -2.32. The van der Waals surface area contributed by atoms with E-state index in [1.165, 1.54) is 36.4 Å². The van der Waals surface area contributed by atoms with Crippen LogP contribution in [0, 0.1) is 29.6 Å². The number of benzene rings is 5. The van der Waals surface area contributed by atoms with Crippen molar-refractivity contribution in [3.8, 4) is 5.75 Å². The number of ether oxygens (including phenoxy) is 1. The summed E-state index contributed by atoms with van der Waals surface area (Å²) in [5.74, 6) is 1.63. The van der Waals surface area contributed by atoms with E-state index in [-0.39, 0.29) is 71.5 Å². The molecule has 760 valence electrons. The molecule has 6 aliphatic heterocycles. The summed E-state index contributed by atoms with van der Waals surface area (Å²) in [5.41, 5.74) is 12.2. The molecule has 0 radical (unpaired) electrons. The molecule has 0 aliphatic carbocycles. The first-order valence-electron chi connectivity index (χ1n) is 48.5. The molecule has 0 unspecified atom stereocenters. The van der Waals surface area contributed by atoms with E-state index in [0.29, 0.717) is 120 Å². The van der Waals surface area contributed by atoms with E-state index < -0.39 is 47.0 Å². The Kier molecular flexibility index (Phi) is 36.5. The average Bonchev–Trinajstić information content (AvgIpc) is 1.70. The van der Waals surface area contributed by atoms with Crippen molar-refractivity contribution in [3.63, 3.8) is 0 Å².